The molecule has 0 aromatic carbocycles. The zero-order chi connectivity index (χ0) is 10.5. The van der Waals surface area contributed by atoms with Crippen molar-refractivity contribution in [1.29, 1.82) is 0 Å². The summed E-state index contributed by atoms with van der Waals surface area (Å²) in [6.45, 7) is 1.64. The molecule has 0 fully saturated rings. The van der Waals surface area contributed by atoms with Crippen molar-refractivity contribution in [3.8, 4) is 0 Å². The second kappa shape index (κ2) is 5.17. The molecule has 0 rings (SSSR count). The number of hydrogen-bond donors (Lipinski definition) is 2. The van der Waals surface area contributed by atoms with E-state index < -0.39 is 20.6 Å². The average molecular weight is 209 g/mol. The number of hydrogen-bond acceptors (Lipinski definition) is 4. The monoisotopic (exact) mass is 209 g/mol. The van der Waals surface area contributed by atoms with E-state index in [0.717, 1.165) is 0 Å². The van der Waals surface area contributed by atoms with E-state index in [0.29, 0.717) is 0 Å². The second-order valence-corrected chi connectivity index (χ2v) is 5.68. The molecule has 1 amide bonds. The van der Waals surface area contributed by atoms with Gasteiger partial charge in [0.15, 0.2) is 0 Å². The molecule has 13 heavy (non-hydrogen) atoms. The SMILES string of the molecule is CO[Si](OC)(OC)C(C)NC(=O)O. The summed E-state index contributed by atoms with van der Waals surface area (Å²) in [6, 6.07) is 0. The summed E-state index contributed by atoms with van der Waals surface area (Å²) >= 11 is 0. The maximum atomic E-state index is 10.3. The molecule has 0 heterocycles. The quantitative estimate of drug-likeness (QED) is 0.626. The van der Waals surface area contributed by atoms with Gasteiger partial charge < -0.3 is 23.7 Å². The van der Waals surface area contributed by atoms with Gasteiger partial charge in [-0.05, 0) is 6.92 Å². The van der Waals surface area contributed by atoms with Gasteiger partial charge in [-0.15, -0.1) is 0 Å². The van der Waals surface area contributed by atoms with Crippen LogP contribution in [0.3, 0.4) is 0 Å². The molecule has 0 saturated heterocycles. The lowest BCUT2D eigenvalue weighted by atomic mass is 10.7. The highest BCUT2D eigenvalue weighted by Crippen LogP contribution is 2.10. The minimum Gasteiger partial charge on any atom is -0.465 e. The molecule has 1 unspecified atom stereocenters. The van der Waals surface area contributed by atoms with Crippen molar-refractivity contribution in [3.05, 3.63) is 0 Å². The minimum atomic E-state index is -2.88. The maximum absolute atomic E-state index is 10.3. The van der Waals surface area contributed by atoms with Crippen LogP contribution in [0.2, 0.25) is 0 Å². The highest BCUT2D eigenvalue weighted by molar-refractivity contribution is 6.62. The van der Waals surface area contributed by atoms with E-state index in [4.69, 9.17) is 18.4 Å². The van der Waals surface area contributed by atoms with Crippen LogP contribution in [0, 0.1) is 0 Å². The third-order valence-corrected chi connectivity index (χ3v) is 4.64. The Kier molecular flexibility index (Phi) is 4.92. The molecule has 0 aliphatic heterocycles. The van der Waals surface area contributed by atoms with Crippen LogP contribution in [0.15, 0.2) is 0 Å². The van der Waals surface area contributed by atoms with Gasteiger partial charge in [0.05, 0.1) is 5.67 Å². The van der Waals surface area contributed by atoms with E-state index in [9.17, 15) is 4.79 Å². The maximum Gasteiger partial charge on any atom is 0.523 e. The molecule has 0 saturated carbocycles. The summed E-state index contributed by atoms with van der Waals surface area (Å²) in [5.74, 6) is 0. The molecule has 78 valence electrons. The number of rotatable bonds is 5. The van der Waals surface area contributed by atoms with Crippen LogP contribution in [0.25, 0.3) is 0 Å². The van der Waals surface area contributed by atoms with E-state index in [1.54, 1.807) is 6.92 Å². The summed E-state index contributed by atoms with van der Waals surface area (Å²) in [7, 11) is 1.41. The molecule has 0 aromatic rings. The Balaban J connectivity index is 4.43. The fourth-order valence-electron chi connectivity index (χ4n) is 1.05. The fraction of sp³-hybridized carbons (Fsp3) is 0.833. The van der Waals surface area contributed by atoms with Crippen LogP contribution in [0.5, 0.6) is 0 Å². The van der Waals surface area contributed by atoms with Crippen LogP contribution >= 0.6 is 0 Å². The van der Waals surface area contributed by atoms with E-state index in [2.05, 4.69) is 5.32 Å². The Labute approximate surface area is 78.2 Å². The standard InChI is InChI=1S/C6H15NO5Si/c1-5(7-6(8)9)13(10-2,11-3)12-4/h5,7H,1-4H3,(H,8,9). The van der Waals surface area contributed by atoms with Crippen LogP contribution in [0.4, 0.5) is 4.79 Å². The molecule has 2 N–H and O–H groups in total. The summed E-state index contributed by atoms with van der Waals surface area (Å²) in [4.78, 5) is 10.3. The van der Waals surface area contributed by atoms with Gasteiger partial charge in [0.25, 0.3) is 0 Å². The molecular weight excluding hydrogens is 194 g/mol. The molecular formula is C6H15NO5Si. The van der Waals surface area contributed by atoms with Crippen molar-refractivity contribution in [2.75, 3.05) is 21.3 Å². The zero-order valence-corrected chi connectivity index (χ0v) is 9.16. The van der Waals surface area contributed by atoms with Crippen molar-refractivity contribution in [2.24, 2.45) is 0 Å². The Morgan fingerprint density at radius 1 is 1.31 bits per heavy atom. The number of carboxylic acid groups (broad SMARTS) is 1. The largest absolute Gasteiger partial charge is 0.523 e. The normalized spacial score (nSPS) is 13.8. The fourth-order valence-corrected chi connectivity index (χ4v) is 2.91. The molecule has 6 nitrogen and oxygen atoms in total. The first-order chi connectivity index (χ1) is 6.02. The predicted octanol–water partition coefficient (Wildman–Crippen LogP) is 0.0598. The van der Waals surface area contributed by atoms with Gasteiger partial charge in [0.1, 0.15) is 0 Å². The number of nitrogens with one attached hydrogen (secondary N) is 1. The number of carbonyl (C=O) groups is 1. The molecule has 0 aromatic heterocycles. The third-order valence-electron chi connectivity index (χ3n) is 1.72. The lowest BCUT2D eigenvalue weighted by Crippen LogP contribution is -2.59. The lowest BCUT2D eigenvalue weighted by molar-refractivity contribution is 0.107. The van der Waals surface area contributed by atoms with Crippen molar-refractivity contribution >= 4 is 14.9 Å². The number of amides is 1. The van der Waals surface area contributed by atoms with Crippen molar-refractivity contribution < 1.29 is 23.2 Å². The first kappa shape index (κ1) is 12.4. The summed E-state index contributed by atoms with van der Waals surface area (Å²) in [5.41, 5.74) is -0.495. The molecule has 0 aliphatic carbocycles. The smallest absolute Gasteiger partial charge is 0.465 e. The summed E-state index contributed by atoms with van der Waals surface area (Å²) < 4.78 is 15.2. The molecule has 0 aliphatic rings. The van der Waals surface area contributed by atoms with Crippen LogP contribution in [-0.4, -0.2) is 47.0 Å². The van der Waals surface area contributed by atoms with E-state index in [1.165, 1.54) is 21.3 Å². The van der Waals surface area contributed by atoms with Gasteiger partial charge in [0, 0.05) is 21.3 Å². The first-order valence-electron chi connectivity index (χ1n) is 3.67. The van der Waals surface area contributed by atoms with Gasteiger partial charge in [-0.1, -0.05) is 0 Å². The zero-order valence-electron chi connectivity index (χ0n) is 8.16. The van der Waals surface area contributed by atoms with Gasteiger partial charge in [-0.25, -0.2) is 4.79 Å². The van der Waals surface area contributed by atoms with Crippen molar-refractivity contribution in [1.82, 2.24) is 5.32 Å². The van der Waals surface area contributed by atoms with E-state index in [-0.39, 0.29) is 0 Å². The van der Waals surface area contributed by atoms with E-state index >= 15 is 0 Å². The Morgan fingerprint density at radius 3 is 1.92 bits per heavy atom. The van der Waals surface area contributed by atoms with Crippen molar-refractivity contribution in [2.45, 2.75) is 12.6 Å². The average Bonchev–Trinajstić information content (AvgIpc) is 2.07. The van der Waals surface area contributed by atoms with Crippen LogP contribution < -0.4 is 5.32 Å². The highest BCUT2D eigenvalue weighted by Gasteiger charge is 2.45. The Hall–Kier alpha value is -0.633. The van der Waals surface area contributed by atoms with Crippen LogP contribution in [0.1, 0.15) is 6.92 Å². The Bertz CT molecular complexity index is 164. The first-order valence-corrected chi connectivity index (χ1v) is 5.47. The molecule has 0 bridgehead atoms. The molecule has 1 atom stereocenters. The highest BCUT2D eigenvalue weighted by atomic mass is 28.4. The van der Waals surface area contributed by atoms with E-state index in [1.807, 2.05) is 0 Å². The van der Waals surface area contributed by atoms with Crippen molar-refractivity contribution in [3.63, 3.8) is 0 Å². The molecule has 0 radical (unpaired) electrons. The summed E-state index contributed by atoms with van der Waals surface area (Å²) in [5, 5.41) is 10.7. The molecule has 0 spiro atoms. The Morgan fingerprint density at radius 2 is 1.69 bits per heavy atom. The van der Waals surface area contributed by atoms with Gasteiger partial charge in [-0.2, -0.15) is 0 Å². The predicted molar refractivity (Wildman–Crippen MR) is 47.4 cm³/mol. The molecule has 7 heteroatoms. The van der Waals surface area contributed by atoms with Crippen LogP contribution in [-0.2, 0) is 13.3 Å². The topological polar surface area (TPSA) is 77.0 Å². The van der Waals surface area contributed by atoms with Gasteiger partial charge in [0.2, 0.25) is 0 Å². The summed E-state index contributed by atoms with van der Waals surface area (Å²) in [6.07, 6.45) is -1.13. The lowest BCUT2D eigenvalue weighted by Gasteiger charge is -2.29. The third kappa shape index (κ3) is 2.96. The van der Waals surface area contributed by atoms with Gasteiger partial charge >= 0.3 is 14.9 Å². The van der Waals surface area contributed by atoms with Gasteiger partial charge in [-0.3, -0.25) is 0 Å². The second-order valence-electron chi connectivity index (χ2n) is 2.39. The minimum absolute atomic E-state index is 0.495.